The Labute approximate surface area is 146 Å². The number of nitrogens with one attached hydrogen (secondary N) is 2. The van der Waals surface area contributed by atoms with Gasteiger partial charge < -0.3 is 15.1 Å². The first-order valence-electron chi connectivity index (χ1n) is 7.95. The smallest absolute Gasteiger partial charge is 0.214 e. The van der Waals surface area contributed by atoms with Gasteiger partial charge in [0, 0.05) is 19.7 Å². The third-order valence-electron chi connectivity index (χ3n) is 3.74. The largest absolute Gasteiger partial charge is 0.439 e. The zero-order chi connectivity index (χ0) is 17.6. The van der Waals surface area contributed by atoms with E-state index in [1.54, 1.807) is 17.9 Å². The summed E-state index contributed by atoms with van der Waals surface area (Å²) in [4.78, 5) is 12.6. The van der Waals surface area contributed by atoms with E-state index in [9.17, 15) is 0 Å². The Hall–Kier alpha value is -3.16. The van der Waals surface area contributed by atoms with Crippen LogP contribution in [0.3, 0.4) is 0 Å². The molecule has 3 aromatic rings. The molecule has 0 aliphatic rings. The second-order valence-electron chi connectivity index (χ2n) is 5.56. The summed E-state index contributed by atoms with van der Waals surface area (Å²) in [5, 5.41) is 10.4. The van der Waals surface area contributed by atoms with Crippen molar-refractivity contribution in [1.29, 1.82) is 0 Å². The van der Waals surface area contributed by atoms with Crippen LogP contribution in [0.5, 0.6) is 0 Å². The normalized spacial score (nSPS) is 11.6. The number of aliphatic imine (C=N–C) groups is 1. The predicted molar refractivity (Wildman–Crippen MR) is 94.7 cm³/mol. The van der Waals surface area contributed by atoms with Gasteiger partial charge in [0.25, 0.3) is 0 Å². The molecule has 2 N–H and O–H groups in total. The highest BCUT2D eigenvalue weighted by molar-refractivity contribution is 5.79. The lowest BCUT2D eigenvalue weighted by molar-refractivity contribution is 0.497. The van der Waals surface area contributed by atoms with Gasteiger partial charge in [0.1, 0.15) is 12.2 Å². The number of aryl methyl sites for hydroxylation is 2. The van der Waals surface area contributed by atoms with Crippen LogP contribution in [0.15, 0.2) is 46.2 Å². The van der Waals surface area contributed by atoms with E-state index < -0.39 is 0 Å². The number of aromatic nitrogens is 4. The Bertz CT molecular complexity index is 848. The highest BCUT2D eigenvalue weighted by Crippen LogP contribution is 2.20. The summed E-state index contributed by atoms with van der Waals surface area (Å²) in [5.41, 5.74) is 2.22. The average molecular weight is 339 g/mol. The first-order valence-corrected chi connectivity index (χ1v) is 7.95. The number of hydrogen-bond donors (Lipinski definition) is 2. The van der Waals surface area contributed by atoms with Crippen LogP contribution in [0.25, 0.3) is 11.3 Å². The van der Waals surface area contributed by atoms with Crippen molar-refractivity contribution >= 4 is 5.96 Å². The Kier molecular flexibility index (Phi) is 5.08. The van der Waals surface area contributed by atoms with Crippen LogP contribution in [0.2, 0.25) is 0 Å². The molecule has 0 fully saturated rings. The monoisotopic (exact) mass is 339 g/mol. The molecule has 0 unspecified atom stereocenters. The lowest BCUT2D eigenvalue weighted by Crippen LogP contribution is -2.37. The molecule has 2 aromatic heterocycles. The zero-order valence-corrected chi connectivity index (χ0v) is 14.5. The number of nitrogens with zero attached hydrogens (tertiary/aromatic N) is 5. The summed E-state index contributed by atoms with van der Waals surface area (Å²) in [5.74, 6) is 2.80. The van der Waals surface area contributed by atoms with Gasteiger partial charge in [-0.05, 0) is 6.92 Å². The Morgan fingerprint density at radius 2 is 1.92 bits per heavy atom. The quantitative estimate of drug-likeness (QED) is 0.542. The zero-order valence-electron chi connectivity index (χ0n) is 14.5. The summed E-state index contributed by atoms with van der Waals surface area (Å²) >= 11 is 0. The summed E-state index contributed by atoms with van der Waals surface area (Å²) in [7, 11) is 3.55. The first-order chi connectivity index (χ1) is 12.2. The molecule has 130 valence electrons. The maximum atomic E-state index is 5.79. The van der Waals surface area contributed by atoms with Crippen molar-refractivity contribution in [3.8, 4) is 11.3 Å². The van der Waals surface area contributed by atoms with Gasteiger partial charge in [-0.1, -0.05) is 29.8 Å². The fourth-order valence-corrected chi connectivity index (χ4v) is 2.27. The standard InChI is InChI=1S/C17H21N7O/c1-12-4-6-13(7-5-12)14-8-19-16(25-14)10-21-17(18-2)20-9-15-22-11-23-24(15)3/h4-8,11H,9-10H2,1-3H3,(H2,18,20,21). The minimum absolute atomic E-state index is 0.435. The van der Waals surface area contributed by atoms with Crippen molar-refractivity contribution in [3.63, 3.8) is 0 Å². The number of guanidine groups is 1. The van der Waals surface area contributed by atoms with E-state index in [1.807, 2.05) is 31.3 Å². The second kappa shape index (κ2) is 7.61. The van der Waals surface area contributed by atoms with Gasteiger partial charge in [-0.3, -0.25) is 9.67 Å². The maximum Gasteiger partial charge on any atom is 0.214 e. The van der Waals surface area contributed by atoms with Crippen LogP contribution < -0.4 is 10.6 Å². The van der Waals surface area contributed by atoms with Gasteiger partial charge in [0.05, 0.1) is 19.3 Å². The summed E-state index contributed by atoms with van der Waals surface area (Å²) in [6.45, 7) is 3.01. The minimum atomic E-state index is 0.435. The Balaban J connectivity index is 1.55. The summed E-state index contributed by atoms with van der Waals surface area (Å²) < 4.78 is 7.50. The summed E-state index contributed by atoms with van der Waals surface area (Å²) in [6, 6.07) is 8.14. The second-order valence-corrected chi connectivity index (χ2v) is 5.56. The van der Waals surface area contributed by atoms with Crippen molar-refractivity contribution in [2.24, 2.45) is 12.0 Å². The van der Waals surface area contributed by atoms with Crippen LogP contribution >= 0.6 is 0 Å². The molecular formula is C17H21N7O. The molecule has 0 aliphatic carbocycles. The molecular weight excluding hydrogens is 318 g/mol. The average Bonchev–Trinajstić information content (AvgIpc) is 3.25. The molecule has 8 nitrogen and oxygen atoms in total. The molecule has 0 bridgehead atoms. The summed E-state index contributed by atoms with van der Waals surface area (Å²) in [6.07, 6.45) is 3.25. The molecule has 2 heterocycles. The van der Waals surface area contributed by atoms with Crippen molar-refractivity contribution in [1.82, 2.24) is 30.4 Å². The molecule has 3 rings (SSSR count). The molecule has 0 amide bonds. The number of benzene rings is 1. The van der Waals surface area contributed by atoms with Crippen LogP contribution in [0, 0.1) is 6.92 Å². The number of hydrogen-bond acceptors (Lipinski definition) is 5. The fraction of sp³-hybridized carbons (Fsp3) is 0.294. The first kappa shape index (κ1) is 16.7. The van der Waals surface area contributed by atoms with E-state index in [4.69, 9.17) is 4.42 Å². The van der Waals surface area contributed by atoms with Crippen LogP contribution in [-0.4, -0.2) is 32.8 Å². The van der Waals surface area contributed by atoms with E-state index in [-0.39, 0.29) is 0 Å². The predicted octanol–water partition coefficient (Wildman–Crippen LogP) is 1.64. The van der Waals surface area contributed by atoms with Crippen LogP contribution in [-0.2, 0) is 20.1 Å². The molecule has 0 spiro atoms. The lowest BCUT2D eigenvalue weighted by Gasteiger charge is -2.09. The van der Waals surface area contributed by atoms with Gasteiger partial charge in [-0.25, -0.2) is 9.97 Å². The molecule has 0 saturated carbocycles. The van der Waals surface area contributed by atoms with E-state index in [0.717, 1.165) is 17.1 Å². The van der Waals surface area contributed by atoms with Crippen LogP contribution in [0.4, 0.5) is 0 Å². The van der Waals surface area contributed by atoms with E-state index >= 15 is 0 Å². The molecule has 8 heteroatoms. The Morgan fingerprint density at radius 3 is 2.60 bits per heavy atom. The number of oxazole rings is 1. The van der Waals surface area contributed by atoms with Gasteiger partial charge in [0.15, 0.2) is 11.7 Å². The third-order valence-corrected chi connectivity index (χ3v) is 3.74. The third kappa shape index (κ3) is 4.23. The van der Waals surface area contributed by atoms with Crippen LogP contribution in [0.1, 0.15) is 17.3 Å². The van der Waals surface area contributed by atoms with E-state index in [1.165, 1.54) is 11.9 Å². The highest BCUT2D eigenvalue weighted by atomic mass is 16.4. The molecule has 0 atom stereocenters. The van der Waals surface area contributed by atoms with Crippen molar-refractivity contribution in [2.75, 3.05) is 7.05 Å². The van der Waals surface area contributed by atoms with Crippen molar-refractivity contribution in [3.05, 3.63) is 54.1 Å². The molecule has 0 saturated heterocycles. The Morgan fingerprint density at radius 1 is 1.16 bits per heavy atom. The highest BCUT2D eigenvalue weighted by Gasteiger charge is 2.08. The maximum absolute atomic E-state index is 5.79. The van der Waals surface area contributed by atoms with E-state index in [2.05, 4.69) is 37.6 Å². The number of rotatable bonds is 5. The minimum Gasteiger partial charge on any atom is -0.439 e. The molecule has 25 heavy (non-hydrogen) atoms. The van der Waals surface area contributed by atoms with Gasteiger partial charge in [-0.15, -0.1) is 0 Å². The molecule has 0 aliphatic heterocycles. The van der Waals surface area contributed by atoms with Gasteiger partial charge in [-0.2, -0.15) is 5.10 Å². The topological polar surface area (TPSA) is 93.2 Å². The lowest BCUT2D eigenvalue weighted by atomic mass is 10.1. The molecule has 1 aromatic carbocycles. The van der Waals surface area contributed by atoms with Crippen molar-refractivity contribution < 1.29 is 4.42 Å². The fourth-order valence-electron chi connectivity index (χ4n) is 2.27. The van der Waals surface area contributed by atoms with E-state index in [0.29, 0.717) is 24.9 Å². The molecule has 0 radical (unpaired) electrons. The SMILES string of the molecule is CN=C(NCc1ncc(-c2ccc(C)cc2)o1)NCc1ncnn1C. The van der Waals surface area contributed by atoms with Gasteiger partial charge >= 0.3 is 0 Å². The van der Waals surface area contributed by atoms with Gasteiger partial charge in [0.2, 0.25) is 5.89 Å². The van der Waals surface area contributed by atoms with Crippen molar-refractivity contribution in [2.45, 2.75) is 20.0 Å².